The van der Waals surface area contributed by atoms with Gasteiger partial charge in [0.15, 0.2) is 5.41 Å². The van der Waals surface area contributed by atoms with E-state index in [1.165, 1.54) is 0 Å². The quantitative estimate of drug-likeness (QED) is 0.695. The van der Waals surface area contributed by atoms with Crippen molar-refractivity contribution in [2.75, 3.05) is 26.2 Å². The summed E-state index contributed by atoms with van der Waals surface area (Å²) in [6, 6.07) is -0.899. The topological polar surface area (TPSA) is 41.6 Å². The Morgan fingerprint density at radius 3 is 2.22 bits per heavy atom. The second-order valence-electron chi connectivity index (χ2n) is 8.49. The third-order valence-corrected chi connectivity index (χ3v) is 5.46. The molecule has 4 nitrogen and oxygen atoms in total. The van der Waals surface area contributed by atoms with Crippen LogP contribution in [0.5, 0.6) is 0 Å². The maximum atomic E-state index is 13.1. The highest BCUT2D eigenvalue weighted by Crippen LogP contribution is 2.55. The van der Waals surface area contributed by atoms with E-state index in [0.717, 1.165) is 12.8 Å². The van der Waals surface area contributed by atoms with Crippen molar-refractivity contribution in [3.63, 3.8) is 0 Å². The Balaban J connectivity index is 2.01. The van der Waals surface area contributed by atoms with E-state index >= 15 is 0 Å². The van der Waals surface area contributed by atoms with Gasteiger partial charge in [0.25, 0.3) is 0 Å². The maximum Gasteiger partial charge on any atom is 0.404 e. The van der Waals surface area contributed by atoms with Crippen LogP contribution in [0.4, 0.5) is 31.1 Å². The van der Waals surface area contributed by atoms with E-state index in [1.54, 1.807) is 0 Å². The predicted octanol–water partition coefficient (Wildman–Crippen LogP) is 4.35. The minimum absolute atomic E-state index is 0.0414. The van der Waals surface area contributed by atoms with Gasteiger partial charge in [-0.1, -0.05) is 20.8 Å². The van der Waals surface area contributed by atoms with E-state index in [4.69, 9.17) is 4.74 Å². The Morgan fingerprint density at radius 1 is 1.15 bits per heavy atom. The van der Waals surface area contributed by atoms with Crippen LogP contribution in [0.15, 0.2) is 0 Å². The van der Waals surface area contributed by atoms with Crippen LogP contribution in [0.1, 0.15) is 40.0 Å². The number of amides is 2. The molecule has 0 radical (unpaired) electrons. The molecule has 10 heteroatoms. The molecule has 2 amide bonds. The highest BCUT2D eigenvalue weighted by atomic mass is 19.4. The number of hydrogen-bond acceptors (Lipinski definition) is 2. The van der Waals surface area contributed by atoms with Crippen LogP contribution < -0.4 is 5.32 Å². The lowest BCUT2D eigenvalue weighted by Gasteiger charge is -2.40. The average Bonchev–Trinajstić information content (AvgIpc) is 2.98. The summed E-state index contributed by atoms with van der Waals surface area (Å²) >= 11 is 0. The van der Waals surface area contributed by atoms with Crippen molar-refractivity contribution in [3.8, 4) is 0 Å². The highest BCUT2D eigenvalue weighted by molar-refractivity contribution is 5.74. The van der Waals surface area contributed by atoms with Crippen LogP contribution in [0.25, 0.3) is 0 Å². The van der Waals surface area contributed by atoms with Crippen molar-refractivity contribution >= 4 is 6.03 Å². The molecular weight excluding hydrogens is 378 g/mol. The predicted molar refractivity (Wildman–Crippen MR) is 86.1 cm³/mol. The Labute approximate surface area is 154 Å². The van der Waals surface area contributed by atoms with Crippen LogP contribution in [-0.2, 0) is 4.74 Å². The number of hydrogen-bond donors (Lipinski definition) is 1. The molecule has 0 spiro atoms. The normalized spacial score (nSPS) is 26.9. The molecule has 2 aliphatic heterocycles. The summed E-state index contributed by atoms with van der Waals surface area (Å²) in [6.45, 7) is 4.71. The molecule has 2 aliphatic rings. The summed E-state index contributed by atoms with van der Waals surface area (Å²) in [5.74, 6) is -0.0414. The summed E-state index contributed by atoms with van der Waals surface area (Å²) < 4.78 is 84.4. The summed E-state index contributed by atoms with van der Waals surface area (Å²) in [6.07, 6.45) is -10.7. The summed E-state index contributed by atoms with van der Waals surface area (Å²) in [4.78, 5) is 12.8. The third-order valence-electron chi connectivity index (χ3n) is 5.46. The fraction of sp³-hybridized carbons (Fsp3) is 0.941. The Hall–Kier alpha value is -1.19. The molecule has 2 atom stereocenters. The van der Waals surface area contributed by atoms with Crippen LogP contribution in [0, 0.1) is 16.7 Å². The largest absolute Gasteiger partial charge is 0.404 e. The van der Waals surface area contributed by atoms with Crippen molar-refractivity contribution in [2.45, 2.75) is 58.5 Å². The fourth-order valence-corrected chi connectivity index (χ4v) is 3.95. The van der Waals surface area contributed by atoms with Gasteiger partial charge in [0.2, 0.25) is 0 Å². The van der Waals surface area contributed by atoms with Gasteiger partial charge in [0, 0.05) is 32.2 Å². The van der Waals surface area contributed by atoms with Crippen LogP contribution in [0.3, 0.4) is 0 Å². The first-order chi connectivity index (χ1) is 12.2. The first kappa shape index (κ1) is 22.1. The van der Waals surface area contributed by atoms with E-state index in [1.807, 2.05) is 20.8 Å². The number of halogens is 6. The maximum absolute atomic E-state index is 13.1. The first-order valence-corrected chi connectivity index (χ1v) is 8.97. The SMILES string of the molecule is CC(C)(C)[C@@H]1OCCC[C@H]1CNC(=O)N1CCC(C(F)(F)F)(C(F)(F)F)C1. The summed E-state index contributed by atoms with van der Waals surface area (Å²) in [7, 11) is 0. The van der Waals surface area contributed by atoms with E-state index in [2.05, 4.69) is 5.32 Å². The van der Waals surface area contributed by atoms with E-state index in [0.29, 0.717) is 11.5 Å². The van der Waals surface area contributed by atoms with Gasteiger partial charge < -0.3 is 15.0 Å². The molecule has 0 saturated carbocycles. The molecule has 2 rings (SSSR count). The monoisotopic (exact) mass is 404 g/mol. The van der Waals surface area contributed by atoms with Crippen molar-refractivity contribution in [2.24, 2.45) is 16.7 Å². The van der Waals surface area contributed by atoms with Gasteiger partial charge in [0.05, 0.1) is 6.10 Å². The second kappa shape index (κ2) is 7.33. The van der Waals surface area contributed by atoms with Gasteiger partial charge in [-0.05, 0) is 24.7 Å². The number of alkyl halides is 6. The van der Waals surface area contributed by atoms with Crippen molar-refractivity contribution in [1.82, 2.24) is 10.2 Å². The van der Waals surface area contributed by atoms with Crippen molar-refractivity contribution in [1.29, 1.82) is 0 Å². The molecule has 2 heterocycles. The molecule has 158 valence electrons. The smallest absolute Gasteiger partial charge is 0.377 e. The van der Waals surface area contributed by atoms with E-state index < -0.39 is 43.3 Å². The van der Waals surface area contributed by atoms with Gasteiger partial charge in [0.1, 0.15) is 0 Å². The molecule has 0 aromatic rings. The molecule has 0 aliphatic carbocycles. The molecule has 2 fully saturated rings. The zero-order chi connectivity index (χ0) is 20.7. The molecule has 2 saturated heterocycles. The number of carbonyl (C=O) groups is 1. The van der Waals surface area contributed by atoms with Crippen molar-refractivity contribution < 1.29 is 35.9 Å². The Morgan fingerprint density at radius 2 is 1.74 bits per heavy atom. The van der Waals surface area contributed by atoms with E-state index in [9.17, 15) is 31.1 Å². The lowest BCUT2D eigenvalue weighted by molar-refractivity contribution is -0.334. The standard InChI is InChI=1S/C17H26F6N2O2/c1-14(2,3)12-11(5-4-8-27-12)9-24-13(26)25-7-6-15(10-25,16(18,19)20)17(21,22)23/h11-12H,4-10H2,1-3H3,(H,24,26)/t11-,12+/m0/s1. The summed E-state index contributed by atoms with van der Waals surface area (Å²) in [5, 5.41) is 2.51. The van der Waals surface area contributed by atoms with Gasteiger partial charge in [-0.25, -0.2) is 4.79 Å². The second-order valence-corrected chi connectivity index (χ2v) is 8.49. The van der Waals surface area contributed by atoms with Gasteiger partial charge in [-0.2, -0.15) is 26.3 Å². The number of carbonyl (C=O) groups excluding carboxylic acids is 1. The first-order valence-electron chi connectivity index (χ1n) is 8.97. The molecule has 27 heavy (non-hydrogen) atoms. The Bertz CT molecular complexity index is 527. The van der Waals surface area contributed by atoms with Crippen LogP contribution in [0.2, 0.25) is 0 Å². The summed E-state index contributed by atoms with van der Waals surface area (Å²) in [5.41, 5.74) is -4.05. The number of ether oxygens (including phenoxy) is 1. The van der Waals surface area contributed by atoms with Gasteiger partial charge >= 0.3 is 18.4 Å². The number of likely N-dealkylation sites (tertiary alicyclic amines) is 1. The van der Waals surface area contributed by atoms with Gasteiger partial charge in [-0.15, -0.1) is 0 Å². The minimum Gasteiger partial charge on any atom is -0.377 e. The van der Waals surface area contributed by atoms with Crippen LogP contribution >= 0.6 is 0 Å². The number of rotatable bonds is 2. The van der Waals surface area contributed by atoms with Crippen LogP contribution in [-0.4, -0.2) is 55.6 Å². The molecule has 0 bridgehead atoms. The minimum atomic E-state index is -5.46. The molecule has 0 unspecified atom stereocenters. The third kappa shape index (κ3) is 4.46. The Kier molecular flexibility index (Phi) is 6.00. The fourth-order valence-electron chi connectivity index (χ4n) is 3.95. The number of nitrogens with zero attached hydrogens (tertiary/aromatic N) is 1. The molecule has 0 aromatic heterocycles. The lowest BCUT2D eigenvalue weighted by Crippen LogP contribution is -2.53. The van der Waals surface area contributed by atoms with Crippen molar-refractivity contribution in [3.05, 3.63) is 0 Å². The number of urea groups is 1. The molecule has 0 aromatic carbocycles. The van der Waals surface area contributed by atoms with E-state index in [-0.39, 0.29) is 24.0 Å². The van der Waals surface area contributed by atoms with Gasteiger partial charge in [-0.3, -0.25) is 0 Å². The molecule has 1 N–H and O–H groups in total. The number of nitrogens with one attached hydrogen (secondary N) is 1. The molecular formula is C17H26F6N2O2. The lowest BCUT2D eigenvalue weighted by atomic mass is 9.78. The zero-order valence-corrected chi connectivity index (χ0v) is 15.6. The highest BCUT2D eigenvalue weighted by Gasteiger charge is 2.72. The zero-order valence-electron chi connectivity index (χ0n) is 15.6. The average molecular weight is 404 g/mol.